The molecule has 2 fully saturated rings. The monoisotopic (exact) mass is 515 g/mol. The number of likely N-dealkylation sites (tertiary alicyclic amines) is 2. The van der Waals surface area contributed by atoms with Crippen LogP contribution in [0, 0.1) is 13.8 Å². The normalized spacial score (nSPS) is 18.8. The molecule has 0 spiro atoms. The molecule has 3 aromatic rings. The van der Waals surface area contributed by atoms with E-state index in [1.807, 2.05) is 43.0 Å². The lowest BCUT2D eigenvalue weighted by molar-refractivity contribution is -0.126. The topological polar surface area (TPSA) is 101 Å². The number of carbonyl (C=O) groups is 2. The summed E-state index contributed by atoms with van der Waals surface area (Å²) in [6.45, 7) is 8.16. The van der Waals surface area contributed by atoms with Crippen molar-refractivity contribution in [2.24, 2.45) is 5.84 Å². The van der Waals surface area contributed by atoms with E-state index in [-0.39, 0.29) is 17.9 Å². The lowest BCUT2D eigenvalue weighted by atomic mass is 10.1. The van der Waals surface area contributed by atoms with Gasteiger partial charge in [0.05, 0.1) is 17.1 Å². The summed E-state index contributed by atoms with van der Waals surface area (Å²) in [4.78, 5) is 39.9. The Morgan fingerprint density at radius 2 is 1.89 bits per heavy atom. The number of anilines is 1. The molecule has 4 heterocycles. The molecule has 2 saturated heterocycles. The van der Waals surface area contributed by atoms with Crippen LogP contribution < -0.4 is 10.9 Å². The first kappa shape index (κ1) is 26.1. The van der Waals surface area contributed by atoms with Crippen molar-refractivity contribution >= 4 is 28.8 Å². The molecule has 2 N–H and O–H groups in total. The van der Waals surface area contributed by atoms with Gasteiger partial charge in [0.2, 0.25) is 11.9 Å². The van der Waals surface area contributed by atoms with Crippen molar-refractivity contribution in [2.75, 3.05) is 37.7 Å². The van der Waals surface area contributed by atoms with Crippen molar-refractivity contribution in [3.63, 3.8) is 0 Å². The quantitative estimate of drug-likeness (QED) is 0.232. The van der Waals surface area contributed by atoms with Crippen molar-refractivity contribution in [3.8, 4) is 0 Å². The van der Waals surface area contributed by atoms with E-state index in [0.29, 0.717) is 24.6 Å². The number of nitrogens with zero attached hydrogens (tertiary/aromatic N) is 6. The van der Waals surface area contributed by atoms with Gasteiger partial charge >= 0.3 is 0 Å². The molecule has 2 aliphatic heterocycles. The minimum atomic E-state index is -0.351. The number of para-hydroxylation sites is 1. The molecular formula is C29H37N7O2. The second-order valence-electron chi connectivity index (χ2n) is 10.4. The maximum atomic E-state index is 13.4. The molecule has 0 unspecified atom stereocenters. The average Bonchev–Trinajstić information content (AvgIpc) is 3.50. The number of hydrazine groups is 1. The predicted octanol–water partition coefficient (Wildman–Crippen LogP) is 3.77. The molecule has 0 radical (unpaired) electrons. The van der Waals surface area contributed by atoms with Crippen molar-refractivity contribution in [1.29, 1.82) is 0 Å². The molecule has 2 amide bonds. The van der Waals surface area contributed by atoms with Crippen LogP contribution in [-0.2, 0) is 4.79 Å². The van der Waals surface area contributed by atoms with E-state index >= 15 is 0 Å². The third-order valence-electron chi connectivity index (χ3n) is 7.62. The minimum Gasteiger partial charge on any atom is -0.337 e. The van der Waals surface area contributed by atoms with Crippen LogP contribution in [0.25, 0.3) is 11.0 Å². The van der Waals surface area contributed by atoms with Gasteiger partial charge in [-0.3, -0.25) is 19.5 Å². The third-order valence-corrected chi connectivity index (χ3v) is 7.62. The summed E-state index contributed by atoms with van der Waals surface area (Å²) in [7, 11) is 0. The van der Waals surface area contributed by atoms with Crippen LogP contribution >= 0.6 is 0 Å². The van der Waals surface area contributed by atoms with Gasteiger partial charge in [-0.05, 0) is 82.8 Å². The molecule has 9 nitrogen and oxygen atoms in total. The van der Waals surface area contributed by atoms with Crippen LogP contribution in [0.5, 0.6) is 0 Å². The summed E-state index contributed by atoms with van der Waals surface area (Å²) >= 11 is 0. The summed E-state index contributed by atoms with van der Waals surface area (Å²) in [5.74, 6) is 6.55. The smallest absolute Gasteiger partial charge is 0.275 e. The minimum absolute atomic E-state index is 0.0340. The molecule has 0 saturated carbocycles. The van der Waals surface area contributed by atoms with Gasteiger partial charge in [0.15, 0.2) is 0 Å². The van der Waals surface area contributed by atoms with Crippen molar-refractivity contribution in [3.05, 3.63) is 65.5 Å². The van der Waals surface area contributed by atoms with E-state index in [9.17, 15) is 9.59 Å². The fraction of sp³-hybridized carbons (Fsp3) is 0.448. The first-order valence-electron chi connectivity index (χ1n) is 13.6. The van der Waals surface area contributed by atoms with Gasteiger partial charge in [0, 0.05) is 43.2 Å². The predicted molar refractivity (Wildman–Crippen MR) is 149 cm³/mol. The van der Waals surface area contributed by atoms with Crippen LogP contribution in [0.4, 0.5) is 5.95 Å². The number of pyridine rings is 1. The largest absolute Gasteiger partial charge is 0.337 e. The first-order chi connectivity index (χ1) is 18.4. The molecule has 1 atom stereocenters. The maximum absolute atomic E-state index is 13.4. The fourth-order valence-electron chi connectivity index (χ4n) is 5.64. The summed E-state index contributed by atoms with van der Waals surface area (Å²) in [5.41, 5.74) is 3.97. The average molecular weight is 516 g/mol. The zero-order chi connectivity index (χ0) is 26.6. The van der Waals surface area contributed by atoms with Gasteiger partial charge in [-0.15, -0.1) is 0 Å². The van der Waals surface area contributed by atoms with E-state index in [4.69, 9.17) is 10.8 Å². The molecule has 2 aromatic heterocycles. The molecule has 2 aliphatic rings. The fourth-order valence-corrected chi connectivity index (χ4v) is 5.64. The highest BCUT2D eigenvalue weighted by Crippen LogP contribution is 2.33. The maximum Gasteiger partial charge on any atom is 0.275 e. The van der Waals surface area contributed by atoms with Crippen molar-refractivity contribution in [2.45, 2.75) is 52.0 Å². The van der Waals surface area contributed by atoms with Gasteiger partial charge < -0.3 is 9.47 Å². The van der Waals surface area contributed by atoms with Gasteiger partial charge in [-0.2, -0.15) is 0 Å². The Labute approximate surface area is 223 Å². The molecule has 38 heavy (non-hydrogen) atoms. The van der Waals surface area contributed by atoms with Crippen molar-refractivity contribution < 1.29 is 9.59 Å². The number of benzene rings is 1. The SMILES string of the molecule is Cc1cc(C(=O)N(N)c2nc3cccc(C)c3n2[C@@H]2CCCCN(C(=O)/C=C/CN3CCCC3)C2)ccn1. The Hall–Kier alpha value is -3.56. The van der Waals surface area contributed by atoms with Crippen molar-refractivity contribution in [1.82, 2.24) is 24.3 Å². The third kappa shape index (κ3) is 5.49. The van der Waals surface area contributed by atoms with Crippen LogP contribution in [0.15, 0.2) is 48.7 Å². The van der Waals surface area contributed by atoms with E-state index in [2.05, 4.69) is 14.5 Å². The molecule has 200 valence electrons. The summed E-state index contributed by atoms with van der Waals surface area (Å²) < 4.78 is 2.08. The summed E-state index contributed by atoms with van der Waals surface area (Å²) in [6.07, 6.45) is 10.6. The number of aromatic nitrogens is 3. The second kappa shape index (κ2) is 11.4. The first-order valence-corrected chi connectivity index (χ1v) is 13.6. The van der Waals surface area contributed by atoms with Crippen LogP contribution in [0.3, 0.4) is 0 Å². The van der Waals surface area contributed by atoms with Crippen LogP contribution in [0.1, 0.15) is 59.8 Å². The number of fused-ring (bicyclic) bond motifs is 1. The number of imidazole rings is 1. The number of amides is 2. The molecule has 0 bridgehead atoms. The molecule has 0 aliphatic carbocycles. The Balaban J connectivity index is 1.45. The number of hydrogen-bond donors (Lipinski definition) is 1. The lowest BCUT2D eigenvalue weighted by Gasteiger charge is -2.28. The van der Waals surface area contributed by atoms with Gasteiger partial charge in [-0.1, -0.05) is 18.2 Å². The summed E-state index contributed by atoms with van der Waals surface area (Å²) in [5, 5.41) is 1.14. The molecule has 5 rings (SSSR count). The van der Waals surface area contributed by atoms with Crippen LogP contribution in [0.2, 0.25) is 0 Å². The number of rotatable bonds is 6. The van der Waals surface area contributed by atoms with Gasteiger partial charge in [0.25, 0.3) is 5.91 Å². The van der Waals surface area contributed by atoms with E-state index in [1.165, 1.54) is 12.8 Å². The molecular weight excluding hydrogens is 478 g/mol. The Morgan fingerprint density at radius 3 is 2.68 bits per heavy atom. The highest BCUT2D eigenvalue weighted by Gasteiger charge is 2.30. The van der Waals surface area contributed by atoms with E-state index in [0.717, 1.165) is 66.2 Å². The van der Waals surface area contributed by atoms with Gasteiger partial charge in [0.1, 0.15) is 0 Å². The zero-order valence-electron chi connectivity index (χ0n) is 22.3. The Morgan fingerprint density at radius 1 is 1.11 bits per heavy atom. The highest BCUT2D eigenvalue weighted by atomic mass is 16.2. The molecule has 1 aromatic carbocycles. The Kier molecular flexibility index (Phi) is 7.85. The van der Waals surface area contributed by atoms with E-state index < -0.39 is 0 Å². The number of aryl methyl sites for hydroxylation is 2. The Bertz CT molecular complexity index is 1340. The highest BCUT2D eigenvalue weighted by molar-refractivity contribution is 6.05. The van der Waals surface area contributed by atoms with E-state index in [1.54, 1.807) is 24.4 Å². The zero-order valence-corrected chi connectivity index (χ0v) is 22.3. The van der Waals surface area contributed by atoms with Gasteiger partial charge in [-0.25, -0.2) is 15.8 Å². The second-order valence-corrected chi connectivity index (χ2v) is 10.4. The van der Waals surface area contributed by atoms with Crippen LogP contribution in [-0.4, -0.2) is 68.9 Å². The standard InChI is InChI=1S/C29H37N7O2/c1-21-9-7-11-25-27(21)35(29(32-25)36(30)28(38)23-13-14-31-22(2)19-23)24-10-3-4-18-34(20-24)26(37)12-8-17-33-15-5-6-16-33/h7-9,11-14,19,24H,3-6,10,15-18,20,30H2,1-2H3/b12-8+/t24-/m1/s1. The lowest BCUT2D eigenvalue weighted by Crippen LogP contribution is -2.41. The number of carbonyl (C=O) groups excluding carboxylic acids is 2. The summed E-state index contributed by atoms with van der Waals surface area (Å²) in [6, 6.07) is 9.27. The molecule has 9 heteroatoms. The number of nitrogens with two attached hydrogens (primary N) is 1. The number of hydrogen-bond acceptors (Lipinski definition) is 6.